The summed E-state index contributed by atoms with van der Waals surface area (Å²) in [5.41, 5.74) is 0.439. The van der Waals surface area contributed by atoms with Crippen molar-refractivity contribution >= 4 is 34.7 Å². The standard InChI is InChI=1S/C16H15ClF3N3O/c1-23(2)12-6-4-11(5-7-12)21-15(24)22-14-9-10(16(18,19)20)3-8-13(14)17/h3-9H,1-2H3,(H2,21,22,24). The Balaban J connectivity index is 2.09. The topological polar surface area (TPSA) is 44.4 Å². The molecular weight excluding hydrogens is 343 g/mol. The first-order chi connectivity index (χ1) is 11.2. The SMILES string of the molecule is CN(C)c1ccc(NC(=O)Nc2cc(C(F)(F)F)ccc2Cl)cc1. The minimum atomic E-state index is -4.51. The molecule has 0 saturated carbocycles. The van der Waals surface area contributed by atoms with Crippen LogP contribution in [-0.4, -0.2) is 20.1 Å². The van der Waals surface area contributed by atoms with Gasteiger partial charge in [-0.1, -0.05) is 11.6 Å². The lowest BCUT2D eigenvalue weighted by Crippen LogP contribution is -2.20. The predicted octanol–water partition coefficient (Wildman–Crippen LogP) is 5.07. The maximum Gasteiger partial charge on any atom is 0.416 e. The fourth-order valence-corrected chi connectivity index (χ4v) is 2.09. The predicted molar refractivity (Wildman–Crippen MR) is 89.9 cm³/mol. The lowest BCUT2D eigenvalue weighted by atomic mass is 10.2. The molecule has 0 aliphatic heterocycles. The van der Waals surface area contributed by atoms with Gasteiger partial charge in [0.05, 0.1) is 16.3 Å². The van der Waals surface area contributed by atoms with Crippen molar-refractivity contribution in [2.45, 2.75) is 6.18 Å². The first kappa shape index (κ1) is 17.9. The smallest absolute Gasteiger partial charge is 0.378 e. The Morgan fingerprint density at radius 3 is 2.21 bits per heavy atom. The Hall–Kier alpha value is -2.41. The van der Waals surface area contributed by atoms with E-state index in [1.54, 1.807) is 24.3 Å². The second kappa shape index (κ2) is 7.00. The van der Waals surface area contributed by atoms with E-state index in [2.05, 4.69) is 10.6 Å². The van der Waals surface area contributed by atoms with Crippen molar-refractivity contribution in [3.05, 3.63) is 53.1 Å². The number of nitrogens with zero attached hydrogens (tertiary/aromatic N) is 1. The number of hydrogen-bond acceptors (Lipinski definition) is 2. The summed E-state index contributed by atoms with van der Waals surface area (Å²) in [7, 11) is 3.76. The average molecular weight is 358 g/mol. The van der Waals surface area contributed by atoms with E-state index in [-0.39, 0.29) is 10.7 Å². The second-order valence-corrected chi connectivity index (χ2v) is 5.62. The van der Waals surface area contributed by atoms with Crippen LogP contribution in [0, 0.1) is 0 Å². The van der Waals surface area contributed by atoms with Crippen molar-refractivity contribution in [1.29, 1.82) is 0 Å². The van der Waals surface area contributed by atoms with E-state index >= 15 is 0 Å². The summed E-state index contributed by atoms with van der Waals surface area (Å²) in [6.45, 7) is 0. The van der Waals surface area contributed by atoms with Crippen molar-refractivity contribution in [3.8, 4) is 0 Å². The van der Waals surface area contributed by atoms with Crippen molar-refractivity contribution in [1.82, 2.24) is 0 Å². The van der Waals surface area contributed by atoms with Gasteiger partial charge in [0.25, 0.3) is 0 Å². The van der Waals surface area contributed by atoms with Crippen LogP contribution in [0.4, 0.5) is 35.0 Å². The number of rotatable bonds is 3. The van der Waals surface area contributed by atoms with E-state index in [4.69, 9.17) is 11.6 Å². The molecule has 0 bridgehead atoms. The van der Waals surface area contributed by atoms with Gasteiger partial charge in [0.1, 0.15) is 0 Å². The van der Waals surface area contributed by atoms with E-state index in [1.165, 1.54) is 0 Å². The van der Waals surface area contributed by atoms with Gasteiger partial charge in [-0.05, 0) is 42.5 Å². The molecule has 2 aromatic carbocycles. The van der Waals surface area contributed by atoms with E-state index in [0.717, 1.165) is 23.9 Å². The number of carbonyl (C=O) groups is 1. The summed E-state index contributed by atoms with van der Waals surface area (Å²) in [5.74, 6) is 0. The molecule has 0 unspecified atom stereocenters. The van der Waals surface area contributed by atoms with Crippen molar-refractivity contribution in [2.24, 2.45) is 0 Å². The third kappa shape index (κ3) is 4.55. The van der Waals surface area contributed by atoms with Gasteiger partial charge in [-0.15, -0.1) is 0 Å². The fraction of sp³-hybridized carbons (Fsp3) is 0.188. The first-order valence-electron chi connectivity index (χ1n) is 6.89. The van der Waals surface area contributed by atoms with Crippen molar-refractivity contribution in [2.75, 3.05) is 29.6 Å². The quantitative estimate of drug-likeness (QED) is 0.805. The Kier molecular flexibility index (Phi) is 5.23. The minimum absolute atomic E-state index is 0.0149. The molecular formula is C16H15ClF3N3O. The normalized spacial score (nSPS) is 11.1. The Labute approximate surface area is 142 Å². The van der Waals surface area contributed by atoms with E-state index < -0.39 is 17.8 Å². The maximum atomic E-state index is 12.7. The minimum Gasteiger partial charge on any atom is -0.378 e. The van der Waals surface area contributed by atoms with Crippen LogP contribution < -0.4 is 15.5 Å². The summed E-state index contributed by atoms with van der Waals surface area (Å²) in [5, 5.41) is 4.86. The van der Waals surface area contributed by atoms with Gasteiger partial charge < -0.3 is 15.5 Å². The number of nitrogens with one attached hydrogen (secondary N) is 2. The van der Waals surface area contributed by atoms with Gasteiger partial charge in [-0.2, -0.15) is 13.2 Å². The number of urea groups is 1. The van der Waals surface area contributed by atoms with Gasteiger partial charge in [-0.25, -0.2) is 4.79 Å². The highest BCUT2D eigenvalue weighted by atomic mass is 35.5. The summed E-state index contributed by atoms with van der Waals surface area (Å²) in [6.07, 6.45) is -4.51. The van der Waals surface area contributed by atoms with Crippen LogP contribution in [0.3, 0.4) is 0 Å². The number of carbonyl (C=O) groups excluding carboxylic acids is 1. The van der Waals surface area contributed by atoms with Gasteiger partial charge >= 0.3 is 12.2 Å². The molecule has 4 nitrogen and oxygen atoms in total. The van der Waals surface area contributed by atoms with Crippen LogP contribution in [-0.2, 0) is 6.18 Å². The molecule has 2 aromatic rings. The summed E-state index contributed by atoms with van der Waals surface area (Å²) >= 11 is 5.83. The molecule has 0 radical (unpaired) electrons. The molecule has 0 heterocycles. The molecule has 0 fully saturated rings. The van der Waals surface area contributed by atoms with E-state index in [0.29, 0.717) is 5.69 Å². The van der Waals surface area contributed by atoms with E-state index in [1.807, 2.05) is 19.0 Å². The molecule has 128 valence electrons. The van der Waals surface area contributed by atoms with Crippen molar-refractivity contribution in [3.63, 3.8) is 0 Å². The summed E-state index contributed by atoms with van der Waals surface area (Å²) in [4.78, 5) is 13.8. The second-order valence-electron chi connectivity index (χ2n) is 5.21. The highest BCUT2D eigenvalue weighted by Gasteiger charge is 2.31. The van der Waals surface area contributed by atoms with Crippen LogP contribution in [0.15, 0.2) is 42.5 Å². The third-order valence-corrected chi connectivity index (χ3v) is 3.51. The Bertz CT molecular complexity index is 730. The molecule has 0 aromatic heterocycles. The number of anilines is 3. The van der Waals surface area contributed by atoms with Gasteiger partial charge in [0.2, 0.25) is 0 Å². The van der Waals surface area contributed by atoms with E-state index in [9.17, 15) is 18.0 Å². The molecule has 0 saturated heterocycles. The zero-order valence-corrected chi connectivity index (χ0v) is 13.7. The lowest BCUT2D eigenvalue weighted by Gasteiger charge is -2.14. The van der Waals surface area contributed by atoms with Gasteiger partial charge in [-0.3, -0.25) is 0 Å². The number of benzene rings is 2. The lowest BCUT2D eigenvalue weighted by molar-refractivity contribution is -0.137. The number of halogens is 4. The van der Waals surface area contributed by atoms with Crippen LogP contribution in [0.5, 0.6) is 0 Å². The molecule has 8 heteroatoms. The number of hydrogen-bond donors (Lipinski definition) is 2. The fourth-order valence-electron chi connectivity index (χ4n) is 1.92. The molecule has 24 heavy (non-hydrogen) atoms. The largest absolute Gasteiger partial charge is 0.416 e. The summed E-state index contributed by atoms with van der Waals surface area (Å²) in [6, 6.07) is 9.01. The molecule has 2 amide bonds. The molecule has 0 spiro atoms. The molecule has 0 aliphatic rings. The van der Waals surface area contributed by atoms with Crippen LogP contribution in [0.1, 0.15) is 5.56 Å². The maximum absolute atomic E-state index is 12.7. The van der Waals surface area contributed by atoms with Crippen molar-refractivity contribution < 1.29 is 18.0 Å². The van der Waals surface area contributed by atoms with Gasteiger partial charge in [0, 0.05) is 25.5 Å². The Morgan fingerprint density at radius 2 is 1.67 bits per heavy atom. The van der Waals surface area contributed by atoms with Crippen LogP contribution >= 0.6 is 11.6 Å². The monoisotopic (exact) mass is 357 g/mol. The highest BCUT2D eigenvalue weighted by molar-refractivity contribution is 6.33. The Morgan fingerprint density at radius 1 is 1.04 bits per heavy atom. The highest BCUT2D eigenvalue weighted by Crippen LogP contribution is 2.33. The average Bonchev–Trinajstić information content (AvgIpc) is 2.48. The zero-order valence-electron chi connectivity index (χ0n) is 12.9. The summed E-state index contributed by atoms with van der Waals surface area (Å²) < 4.78 is 38.1. The first-order valence-corrected chi connectivity index (χ1v) is 7.27. The van der Waals surface area contributed by atoms with Crippen LogP contribution in [0.25, 0.3) is 0 Å². The number of alkyl halides is 3. The zero-order chi connectivity index (χ0) is 17.9. The molecule has 2 N–H and O–H groups in total. The van der Waals surface area contributed by atoms with Crippen LogP contribution in [0.2, 0.25) is 5.02 Å². The third-order valence-electron chi connectivity index (χ3n) is 3.18. The van der Waals surface area contributed by atoms with Gasteiger partial charge in [0.15, 0.2) is 0 Å². The molecule has 2 rings (SSSR count). The molecule has 0 aliphatic carbocycles. The number of amides is 2. The molecule has 0 atom stereocenters.